The molecule has 1 heterocycles. The highest BCUT2D eigenvalue weighted by Crippen LogP contribution is 2.23. The highest BCUT2D eigenvalue weighted by atomic mass is 32.2. The Bertz CT molecular complexity index is 833. The molecule has 2 rings (SSSR count). The van der Waals surface area contributed by atoms with Gasteiger partial charge in [0.2, 0.25) is 0 Å². The first kappa shape index (κ1) is 22.2. The first-order valence-corrected chi connectivity index (χ1v) is 11.2. The number of carbonyl (C=O) groups is 2. The van der Waals surface area contributed by atoms with Crippen LogP contribution in [0.3, 0.4) is 0 Å². The zero-order valence-corrected chi connectivity index (χ0v) is 17.9. The minimum absolute atomic E-state index is 0.0509. The van der Waals surface area contributed by atoms with Crippen molar-refractivity contribution >= 4 is 21.7 Å². The maximum atomic E-state index is 12.4. The number of amides is 1. The maximum Gasteiger partial charge on any atom is 0.344 e. The monoisotopic (exact) mass is 411 g/mol. The highest BCUT2D eigenvalue weighted by molar-refractivity contribution is 7.91. The standard InChI is InChI=1S/C20H29NO6S/c1-13(2)18-7-6-17(10-14(18)3)26-11-19(22)27-15(4)20(23)21(5)16-8-9-28(24,25)12-16/h6-7,10,13,15-16H,8-9,11-12H2,1-5H3/t15-,16+/m0/s1. The van der Waals surface area contributed by atoms with Crippen LogP contribution in [0, 0.1) is 6.92 Å². The molecule has 0 bridgehead atoms. The summed E-state index contributed by atoms with van der Waals surface area (Å²) in [7, 11) is -1.56. The van der Waals surface area contributed by atoms with Crippen molar-refractivity contribution in [1.29, 1.82) is 0 Å². The van der Waals surface area contributed by atoms with Crippen LogP contribution in [0.2, 0.25) is 0 Å². The second kappa shape index (κ2) is 8.94. The van der Waals surface area contributed by atoms with Gasteiger partial charge in [0, 0.05) is 13.1 Å². The van der Waals surface area contributed by atoms with Crippen LogP contribution in [0.4, 0.5) is 0 Å². The SMILES string of the molecule is Cc1cc(OCC(=O)O[C@@H](C)C(=O)N(C)[C@@H]2CCS(=O)(=O)C2)ccc1C(C)C. The summed E-state index contributed by atoms with van der Waals surface area (Å²) in [6, 6.07) is 5.26. The van der Waals surface area contributed by atoms with Crippen molar-refractivity contribution < 1.29 is 27.5 Å². The normalized spacial score (nSPS) is 19.3. The zero-order valence-electron chi connectivity index (χ0n) is 17.1. The van der Waals surface area contributed by atoms with E-state index in [2.05, 4.69) is 13.8 Å². The fourth-order valence-electron chi connectivity index (χ4n) is 3.36. The molecule has 1 saturated heterocycles. The summed E-state index contributed by atoms with van der Waals surface area (Å²) in [5.74, 6) is -0.0906. The number of ether oxygens (including phenoxy) is 2. The molecule has 1 amide bonds. The third kappa shape index (κ3) is 5.70. The number of carbonyl (C=O) groups excluding carboxylic acids is 2. The number of rotatable bonds is 7. The van der Waals surface area contributed by atoms with E-state index in [1.54, 1.807) is 6.07 Å². The Morgan fingerprint density at radius 3 is 2.46 bits per heavy atom. The first-order chi connectivity index (χ1) is 13.0. The van der Waals surface area contributed by atoms with Crippen molar-refractivity contribution in [1.82, 2.24) is 4.90 Å². The Kier molecular flexibility index (Phi) is 7.09. The van der Waals surface area contributed by atoms with E-state index in [9.17, 15) is 18.0 Å². The predicted molar refractivity (Wildman–Crippen MR) is 106 cm³/mol. The van der Waals surface area contributed by atoms with E-state index < -0.39 is 27.8 Å². The Hall–Kier alpha value is -2.09. The molecule has 28 heavy (non-hydrogen) atoms. The lowest BCUT2D eigenvalue weighted by Crippen LogP contribution is -2.44. The second-order valence-electron chi connectivity index (χ2n) is 7.60. The van der Waals surface area contributed by atoms with Gasteiger partial charge in [-0.05, 0) is 49.4 Å². The van der Waals surface area contributed by atoms with Crippen LogP contribution in [-0.4, -0.2) is 62.5 Å². The van der Waals surface area contributed by atoms with Crippen molar-refractivity contribution in [2.24, 2.45) is 0 Å². The van der Waals surface area contributed by atoms with Gasteiger partial charge < -0.3 is 14.4 Å². The van der Waals surface area contributed by atoms with Crippen LogP contribution < -0.4 is 4.74 Å². The van der Waals surface area contributed by atoms with Crippen LogP contribution in [0.1, 0.15) is 44.2 Å². The van der Waals surface area contributed by atoms with E-state index in [0.717, 1.165) is 5.56 Å². The van der Waals surface area contributed by atoms with Crippen molar-refractivity contribution in [2.75, 3.05) is 25.2 Å². The molecule has 0 unspecified atom stereocenters. The number of esters is 1. The lowest BCUT2D eigenvalue weighted by molar-refractivity contribution is -0.160. The van der Waals surface area contributed by atoms with Gasteiger partial charge in [0.15, 0.2) is 22.5 Å². The summed E-state index contributed by atoms with van der Waals surface area (Å²) in [6.07, 6.45) is -0.602. The van der Waals surface area contributed by atoms with Crippen molar-refractivity contribution in [3.8, 4) is 5.75 Å². The molecule has 1 aliphatic rings. The van der Waals surface area contributed by atoms with E-state index >= 15 is 0 Å². The summed E-state index contributed by atoms with van der Waals surface area (Å²) in [6.45, 7) is 7.37. The third-order valence-corrected chi connectivity index (χ3v) is 6.73. The number of nitrogens with zero attached hydrogens (tertiary/aromatic N) is 1. The minimum atomic E-state index is -3.10. The van der Waals surface area contributed by atoms with Gasteiger partial charge in [-0.3, -0.25) is 4.79 Å². The summed E-state index contributed by atoms with van der Waals surface area (Å²) in [4.78, 5) is 25.8. The second-order valence-corrected chi connectivity index (χ2v) is 9.83. The Balaban J connectivity index is 1.85. The smallest absolute Gasteiger partial charge is 0.344 e. The summed E-state index contributed by atoms with van der Waals surface area (Å²) < 4.78 is 33.8. The molecule has 0 spiro atoms. The number of aryl methyl sites for hydroxylation is 1. The van der Waals surface area contributed by atoms with Gasteiger partial charge in [-0.15, -0.1) is 0 Å². The highest BCUT2D eigenvalue weighted by Gasteiger charge is 2.34. The topological polar surface area (TPSA) is 90.0 Å². The minimum Gasteiger partial charge on any atom is -0.482 e. The van der Waals surface area contributed by atoms with Gasteiger partial charge in [-0.1, -0.05) is 19.9 Å². The molecule has 156 valence electrons. The number of hydrogen-bond acceptors (Lipinski definition) is 6. The number of benzene rings is 1. The maximum absolute atomic E-state index is 12.4. The molecule has 8 heteroatoms. The van der Waals surface area contributed by atoms with E-state index in [0.29, 0.717) is 18.1 Å². The lowest BCUT2D eigenvalue weighted by Gasteiger charge is -2.26. The summed E-state index contributed by atoms with van der Waals surface area (Å²) in [5, 5.41) is 0. The van der Waals surface area contributed by atoms with E-state index in [4.69, 9.17) is 9.47 Å². The van der Waals surface area contributed by atoms with E-state index in [-0.39, 0.29) is 24.2 Å². The van der Waals surface area contributed by atoms with Crippen molar-refractivity contribution in [3.05, 3.63) is 29.3 Å². The Labute approximate surface area is 166 Å². The van der Waals surface area contributed by atoms with Crippen LogP contribution in [0.15, 0.2) is 18.2 Å². The van der Waals surface area contributed by atoms with Gasteiger partial charge in [0.1, 0.15) is 5.75 Å². The Morgan fingerprint density at radius 1 is 1.25 bits per heavy atom. The van der Waals surface area contributed by atoms with Gasteiger partial charge in [0.25, 0.3) is 5.91 Å². The number of likely N-dealkylation sites (N-methyl/N-ethyl adjacent to an activating group) is 1. The fourth-order valence-corrected chi connectivity index (χ4v) is 5.13. The van der Waals surface area contributed by atoms with E-state index in [1.807, 2.05) is 19.1 Å². The molecular weight excluding hydrogens is 382 g/mol. The first-order valence-electron chi connectivity index (χ1n) is 9.40. The molecule has 1 aromatic rings. The summed E-state index contributed by atoms with van der Waals surface area (Å²) in [5.41, 5.74) is 2.30. The number of sulfone groups is 1. The molecule has 0 saturated carbocycles. The van der Waals surface area contributed by atoms with Gasteiger partial charge in [0.05, 0.1) is 11.5 Å². The van der Waals surface area contributed by atoms with E-state index in [1.165, 1.54) is 24.4 Å². The molecule has 1 aliphatic heterocycles. The van der Waals surface area contributed by atoms with Crippen LogP contribution in [0.25, 0.3) is 0 Å². The van der Waals surface area contributed by atoms with Gasteiger partial charge >= 0.3 is 5.97 Å². The predicted octanol–water partition coefficient (Wildman–Crippen LogP) is 2.07. The quantitative estimate of drug-likeness (QED) is 0.638. The molecule has 7 nitrogen and oxygen atoms in total. The van der Waals surface area contributed by atoms with Crippen molar-refractivity contribution in [2.45, 2.75) is 52.2 Å². The average molecular weight is 412 g/mol. The van der Waals surface area contributed by atoms with Crippen LogP contribution in [-0.2, 0) is 24.2 Å². The Morgan fingerprint density at radius 2 is 1.93 bits per heavy atom. The van der Waals surface area contributed by atoms with Gasteiger partial charge in [-0.2, -0.15) is 0 Å². The molecule has 0 radical (unpaired) electrons. The zero-order chi connectivity index (χ0) is 21.1. The molecule has 0 aromatic heterocycles. The third-order valence-electron chi connectivity index (χ3n) is 4.98. The van der Waals surface area contributed by atoms with Gasteiger partial charge in [-0.25, -0.2) is 13.2 Å². The molecule has 1 aromatic carbocycles. The fraction of sp³-hybridized carbons (Fsp3) is 0.600. The van der Waals surface area contributed by atoms with Crippen LogP contribution >= 0.6 is 0 Å². The largest absolute Gasteiger partial charge is 0.482 e. The molecule has 2 atom stereocenters. The molecular formula is C20H29NO6S. The molecule has 1 fully saturated rings. The number of hydrogen-bond donors (Lipinski definition) is 0. The van der Waals surface area contributed by atoms with Crippen LogP contribution in [0.5, 0.6) is 5.75 Å². The average Bonchev–Trinajstić information content (AvgIpc) is 2.98. The molecule has 0 N–H and O–H groups in total. The lowest BCUT2D eigenvalue weighted by atomic mass is 9.98. The molecule has 0 aliphatic carbocycles. The van der Waals surface area contributed by atoms with Crippen molar-refractivity contribution in [3.63, 3.8) is 0 Å². The summed E-state index contributed by atoms with van der Waals surface area (Å²) >= 11 is 0.